The summed E-state index contributed by atoms with van der Waals surface area (Å²) in [5.74, 6) is 2.02. The van der Waals surface area contributed by atoms with E-state index in [1.807, 2.05) is 30.3 Å². The first kappa shape index (κ1) is 23.0. The van der Waals surface area contributed by atoms with Gasteiger partial charge < -0.3 is 20.4 Å². The summed E-state index contributed by atoms with van der Waals surface area (Å²) in [4.78, 5) is 24.9. The van der Waals surface area contributed by atoms with Gasteiger partial charge in [-0.2, -0.15) is 4.98 Å². The lowest BCUT2D eigenvalue weighted by molar-refractivity contribution is -0.384. The Morgan fingerprint density at radius 2 is 1.73 bits per heavy atom. The van der Waals surface area contributed by atoms with E-state index in [1.165, 1.54) is 5.57 Å². The van der Waals surface area contributed by atoms with Crippen molar-refractivity contribution in [2.45, 2.75) is 12.5 Å². The van der Waals surface area contributed by atoms with Crippen molar-refractivity contribution in [1.82, 2.24) is 15.3 Å². The molecule has 1 unspecified atom stereocenters. The molecular formula is C28H29N7O2. The average molecular weight is 496 g/mol. The van der Waals surface area contributed by atoms with Crippen molar-refractivity contribution in [2.24, 2.45) is 5.92 Å². The summed E-state index contributed by atoms with van der Waals surface area (Å²) in [6.45, 7) is 3.93. The summed E-state index contributed by atoms with van der Waals surface area (Å²) in [5, 5.41) is 19.0. The molecule has 3 aromatic rings. The van der Waals surface area contributed by atoms with Crippen LogP contribution in [-0.2, 0) is 0 Å². The van der Waals surface area contributed by atoms with Crippen LogP contribution in [0.4, 0.5) is 23.1 Å². The number of para-hydroxylation sites is 1. The predicted octanol–water partition coefficient (Wildman–Crippen LogP) is 4.26. The van der Waals surface area contributed by atoms with Gasteiger partial charge in [0.2, 0.25) is 5.95 Å². The van der Waals surface area contributed by atoms with Crippen LogP contribution in [0.5, 0.6) is 0 Å². The Balaban J connectivity index is 1.14. The third kappa shape index (κ3) is 4.72. The smallest absolute Gasteiger partial charge is 0.269 e. The van der Waals surface area contributed by atoms with Gasteiger partial charge >= 0.3 is 0 Å². The third-order valence-electron chi connectivity index (χ3n) is 7.31. The average Bonchev–Trinajstić information content (AvgIpc) is 3.36. The number of rotatable bonds is 7. The second-order valence-electron chi connectivity index (χ2n) is 9.52. The molecule has 2 atom stereocenters. The van der Waals surface area contributed by atoms with E-state index in [1.54, 1.807) is 12.1 Å². The van der Waals surface area contributed by atoms with E-state index >= 15 is 0 Å². The fourth-order valence-electron chi connectivity index (χ4n) is 5.27. The second kappa shape index (κ2) is 9.93. The fourth-order valence-corrected chi connectivity index (χ4v) is 5.27. The molecule has 0 saturated carbocycles. The Morgan fingerprint density at radius 3 is 2.54 bits per heavy atom. The van der Waals surface area contributed by atoms with E-state index in [9.17, 15) is 10.1 Å². The van der Waals surface area contributed by atoms with Crippen LogP contribution in [0.1, 0.15) is 6.42 Å². The van der Waals surface area contributed by atoms with Crippen molar-refractivity contribution in [3.63, 3.8) is 0 Å². The number of benzene rings is 2. The highest BCUT2D eigenvalue weighted by Gasteiger charge is 2.26. The number of nitrogens with one attached hydrogen (secondary N) is 2. The minimum atomic E-state index is -0.368. The van der Waals surface area contributed by atoms with Crippen molar-refractivity contribution in [2.75, 3.05) is 47.8 Å². The van der Waals surface area contributed by atoms with E-state index in [-0.39, 0.29) is 10.6 Å². The van der Waals surface area contributed by atoms with Gasteiger partial charge in [0.25, 0.3) is 5.69 Å². The zero-order valence-electron chi connectivity index (χ0n) is 20.5. The Morgan fingerprint density at radius 1 is 0.973 bits per heavy atom. The lowest BCUT2D eigenvalue weighted by atomic mass is 9.90. The van der Waals surface area contributed by atoms with E-state index in [4.69, 9.17) is 9.97 Å². The van der Waals surface area contributed by atoms with Crippen molar-refractivity contribution in [3.05, 3.63) is 94.7 Å². The van der Waals surface area contributed by atoms with Gasteiger partial charge in [-0.25, -0.2) is 4.98 Å². The standard InChI is InChI=1S/C28H29N7O2/c36-35(37)22-11-9-21(10-12-22)33-15-17-34(18-16-33)28-31-26-8-4-2-6-24(26)27(32-28)29-14-13-20-19-30-25-7-3-1-5-23(20)25/h1-12,19,23,25,30H,13-18H2,(H,29,31,32)/t23-,25?/m0/s1. The van der Waals surface area contributed by atoms with Crippen LogP contribution in [0.3, 0.4) is 0 Å². The number of fused-ring (bicyclic) bond motifs is 2. The van der Waals surface area contributed by atoms with Gasteiger partial charge in [0.15, 0.2) is 0 Å². The summed E-state index contributed by atoms with van der Waals surface area (Å²) >= 11 is 0. The summed E-state index contributed by atoms with van der Waals surface area (Å²) in [5.41, 5.74) is 3.43. The number of non-ortho nitro benzene ring substituents is 1. The highest BCUT2D eigenvalue weighted by Crippen LogP contribution is 2.29. The quantitative estimate of drug-likeness (QED) is 0.371. The summed E-state index contributed by atoms with van der Waals surface area (Å²) in [7, 11) is 0. The van der Waals surface area contributed by atoms with Crippen LogP contribution in [-0.4, -0.2) is 53.7 Å². The van der Waals surface area contributed by atoms with Gasteiger partial charge in [-0.1, -0.05) is 36.4 Å². The first-order chi connectivity index (χ1) is 18.2. The number of hydrogen-bond donors (Lipinski definition) is 2. The van der Waals surface area contributed by atoms with Crippen LogP contribution < -0.4 is 20.4 Å². The number of nitrogens with zero attached hydrogens (tertiary/aromatic N) is 5. The van der Waals surface area contributed by atoms with E-state index < -0.39 is 0 Å². The van der Waals surface area contributed by atoms with Gasteiger partial charge in [0.05, 0.1) is 16.5 Å². The number of hydrogen-bond acceptors (Lipinski definition) is 8. The maximum Gasteiger partial charge on any atom is 0.269 e. The van der Waals surface area contributed by atoms with Gasteiger partial charge in [-0.05, 0) is 42.5 Å². The Kier molecular flexibility index (Phi) is 6.18. The lowest BCUT2D eigenvalue weighted by Crippen LogP contribution is -2.47. The Labute approximate surface area is 215 Å². The molecule has 2 aliphatic heterocycles. The highest BCUT2D eigenvalue weighted by molar-refractivity contribution is 5.90. The normalized spacial score (nSPS) is 20.5. The molecule has 188 valence electrons. The highest BCUT2D eigenvalue weighted by atomic mass is 16.6. The zero-order chi connectivity index (χ0) is 25.2. The van der Waals surface area contributed by atoms with Crippen molar-refractivity contribution >= 4 is 34.0 Å². The first-order valence-electron chi connectivity index (χ1n) is 12.7. The summed E-state index contributed by atoms with van der Waals surface area (Å²) in [6, 6.07) is 15.3. The minimum Gasteiger partial charge on any atom is -0.384 e. The maximum atomic E-state index is 11.0. The van der Waals surface area contributed by atoms with Gasteiger partial charge in [-0.15, -0.1) is 0 Å². The third-order valence-corrected chi connectivity index (χ3v) is 7.31. The topological polar surface area (TPSA) is 99.5 Å². The van der Waals surface area contributed by atoms with Gasteiger partial charge in [0, 0.05) is 61.8 Å². The monoisotopic (exact) mass is 495 g/mol. The summed E-state index contributed by atoms with van der Waals surface area (Å²) < 4.78 is 0. The molecule has 3 aliphatic rings. The van der Waals surface area contributed by atoms with Crippen molar-refractivity contribution < 1.29 is 4.92 Å². The first-order valence-corrected chi connectivity index (χ1v) is 12.7. The Bertz CT molecular complexity index is 1390. The molecule has 0 amide bonds. The molecule has 6 rings (SSSR count). The molecule has 37 heavy (non-hydrogen) atoms. The van der Waals surface area contributed by atoms with Crippen LogP contribution in [0.25, 0.3) is 10.9 Å². The minimum absolute atomic E-state index is 0.110. The number of anilines is 3. The number of piperazine rings is 1. The van der Waals surface area contributed by atoms with Crippen molar-refractivity contribution in [3.8, 4) is 0 Å². The Hall–Kier alpha value is -4.40. The van der Waals surface area contributed by atoms with Crippen LogP contribution in [0.15, 0.2) is 84.6 Å². The van der Waals surface area contributed by atoms with E-state index in [0.717, 1.165) is 67.5 Å². The molecule has 0 spiro atoms. The summed E-state index contributed by atoms with van der Waals surface area (Å²) in [6.07, 6.45) is 11.8. The second-order valence-corrected chi connectivity index (χ2v) is 9.52. The number of nitro groups is 1. The fraction of sp³-hybridized carbons (Fsp3) is 0.286. The maximum absolute atomic E-state index is 11.0. The van der Waals surface area contributed by atoms with Crippen LogP contribution >= 0.6 is 0 Å². The lowest BCUT2D eigenvalue weighted by Gasteiger charge is -2.36. The molecule has 1 fully saturated rings. The molecular weight excluding hydrogens is 466 g/mol. The number of allylic oxidation sites excluding steroid dienone is 2. The molecule has 2 N–H and O–H groups in total. The van der Waals surface area contributed by atoms with Crippen LogP contribution in [0, 0.1) is 16.0 Å². The molecule has 0 bridgehead atoms. The van der Waals surface area contributed by atoms with E-state index in [0.29, 0.717) is 12.0 Å². The molecule has 0 radical (unpaired) electrons. The van der Waals surface area contributed by atoms with E-state index in [2.05, 4.69) is 57.0 Å². The van der Waals surface area contributed by atoms with Gasteiger partial charge in [0.1, 0.15) is 5.82 Å². The molecule has 3 heterocycles. The SMILES string of the molecule is O=[N+]([O-])c1ccc(N2CCN(c3nc(NCCC4=CNC5C=CC=C[C@@H]45)c4ccccc4n3)CC2)cc1. The molecule has 1 aromatic heterocycles. The van der Waals surface area contributed by atoms with Crippen LogP contribution in [0.2, 0.25) is 0 Å². The predicted molar refractivity (Wildman–Crippen MR) is 147 cm³/mol. The number of nitro benzene ring substituents is 1. The molecule has 1 aliphatic carbocycles. The largest absolute Gasteiger partial charge is 0.384 e. The number of aromatic nitrogens is 2. The molecule has 2 aromatic carbocycles. The molecule has 9 nitrogen and oxygen atoms in total. The van der Waals surface area contributed by atoms with Gasteiger partial charge in [-0.3, -0.25) is 10.1 Å². The molecule has 9 heteroatoms. The zero-order valence-corrected chi connectivity index (χ0v) is 20.5. The van der Waals surface area contributed by atoms with Crippen molar-refractivity contribution in [1.29, 1.82) is 0 Å². The molecule has 1 saturated heterocycles.